The van der Waals surface area contributed by atoms with Crippen LogP contribution in [-0.4, -0.2) is 30.7 Å². The van der Waals surface area contributed by atoms with Gasteiger partial charge in [0.25, 0.3) is 0 Å². The number of aromatic nitrogens is 2. The fourth-order valence-corrected chi connectivity index (χ4v) is 3.79. The smallest absolute Gasteiger partial charge is 0.332 e. The van der Waals surface area contributed by atoms with Crippen LogP contribution in [0.3, 0.4) is 0 Å². The fraction of sp³-hybridized carbons (Fsp3) is 0.562. The summed E-state index contributed by atoms with van der Waals surface area (Å²) in [6.07, 6.45) is 4.25. The summed E-state index contributed by atoms with van der Waals surface area (Å²) in [5.41, 5.74) is 2.76. The van der Waals surface area contributed by atoms with E-state index in [4.69, 9.17) is 0 Å². The third-order valence-electron chi connectivity index (χ3n) is 4.84. The van der Waals surface area contributed by atoms with E-state index in [-0.39, 0.29) is 0 Å². The Morgan fingerprint density at radius 1 is 1.15 bits per heavy atom. The molecule has 0 unspecified atom stereocenters. The maximum absolute atomic E-state index is 3.56. The minimum Gasteiger partial charge on any atom is -0.332 e. The molecule has 2 aromatic rings. The monoisotopic (exact) mass is 272 g/mol. The lowest BCUT2D eigenvalue weighted by molar-refractivity contribution is -0.905. The highest BCUT2D eigenvalue weighted by Gasteiger charge is 2.28. The lowest BCUT2D eigenvalue weighted by Crippen LogP contribution is -3.13. The van der Waals surface area contributed by atoms with E-state index in [0.29, 0.717) is 0 Å². The summed E-state index contributed by atoms with van der Waals surface area (Å²) in [6, 6.07) is 8.81. The molecule has 1 aromatic carbocycles. The number of imidazole rings is 1. The number of rotatable bonds is 3. The van der Waals surface area contributed by atoms with Crippen molar-refractivity contribution in [2.24, 2.45) is 0 Å². The van der Waals surface area contributed by atoms with Gasteiger partial charge in [0, 0.05) is 0 Å². The average Bonchev–Trinajstić information content (AvgIpc) is 3.07. The van der Waals surface area contributed by atoms with E-state index in [1.807, 2.05) is 0 Å². The van der Waals surface area contributed by atoms with Crippen LogP contribution >= 0.6 is 0 Å². The summed E-state index contributed by atoms with van der Waals surface area (Å²) in [4.78, 5) is 1.78. The van der Waals surface area contributed by atoms with Crippen LogP contribution in [0.1, 0.15) is 19.3 Å². The van der Waals surface area contributed by atoms with Gasteiger partial charge in [-0.1, -0.05) is 12.1 Å². The number of hydrogen-bond acceptors (Lipinski definition) is 1. The molecule has 2 aliphatic heterocycles. The molecule has 4 rings (SSSR count). The van der Waals surface area contributed by atoms with Crippen molar-refractivity contribution >= 4 is 17.0 Å². The lowest BCUT2D eigenvalue weighted by atomic mass is 10.1. The summed E-state index contributed by atoms with van der Waals surface area (Å²) in [7, 11) is 0. The van der Waals surface area contributed by atoms with Crippen LogP contribution in [0.2, 0.25) is 0 Å². The Hall–Kier alpha value is -1.55. The number of benzene rings is 1. The molecule has 106 valence electrons. The van der Waals surface area contributed by atoms with Crippen LogP contribution in [0.25, 0.3) is 11.0 Å². The van der Waals surface area contributed by atoms with Gasteiger partial charge in [0.2, 0.25) is 0 Å². The number of nitrogens with zero attached hydrogens (tertiary/aromatic N) is 2. The van der Waals surface area contributed by atoms with Gasteiger partial charge in [-0.25, -0.2) is 9.13 Å². The van der Waals surface area contributed by atoms with Crippen LogP contribution in [0.15, 0.2) is 24.3 Å². The topological polar surface area (TPSA) is 25.3 Å². The molecule has 1 saturated heterocycles. The summed E-state index contributed by atoms with van der Waals surface area (Å²) in [5.74, 6) is 1.31. The molecule has 0 bridgehead atoms. The minimum absolute atomic E-state index is 1.07. The molecule has 4 heteroatoms. The Bertz CT molecular complexity index is 610. The zero-order chi connectivity index (χ0) is 13.4. The van der Waals surface area contributed by atoms with Crippen molar-refractivity contribution in [3.8, 4) is 0 Å². The van der Waals surface area contributed by atoms with Crippen LogP contribution in [0.5, 0.6) is 0 Å². The van der Waals surface area contributed by atoms with Gasteiger partial charge in [0.05, 0.1) is 19.6 Å². The Labute approximate surface area is 120 Å². The standard InChI is InChI=1S/C16H22N4/c1-4-9-18(10-5-1)12-13-20-15-7-3-2-6-14(15)19-11-8-17-16(19)20/h2-3,6-7H,1,4-5,8-13H2/p+2. The molecule has 0 atom stereocenters. The van der Waals surface area contributed by atoms with Crippen molar-refractivity contribution in [2.45, 2.75) is 32.4 Å². The van der Waals surface area contributed by atoms with Crippen LogP contribution in [0, 0.1) is 0 Å². The molecular formula is C16H24N4+2. The van der Waals surface area contributed by atoms with Gasteiger partial charge in [0.15, 0.2) is 0 Å². The van der Waals surface area contributed by atoms with E-state index in [9.17, 15) is 0 Å². The van der Waals surface area contributed by atoms with E-state index in [0.717, 1.165) is 19.6 Å². The highest BCUT2D eigenvalue weighted by atomic mass is 15.3. The second-order valence-corrected chi connectivity index (χ2v) is 6.10. The van der Waals surface area contributed by atoms with Gasteiger partial charge in [-0.05, 0) is 31.4 Å². The largest absolute Gasteiger partial charge is 0.358 e. The van der Waals surface area contributed by atoms with E-state index in [1.54, 1.807) is 4.90 Å². The highest BCUT2D eigenvalue weighted by molar-refractivity contribution is 5.74. The van der Waals surface area contributed by atoms with Gasteiger partial charge < -0.3 is 4.90 Å². The molecule has 0 radical (unpaired) electrons. The number of hydrogen-bond donors (Lipinski definition) is 2. The molecule has 1 fully saturated rings. The number of quaternary nitrogens is 1. The maximum atomic E-state index is 3.56. The third-order valence-corrected chi connectivity index (χ3v) is 4.84. The first kappa shape index (κ1) is 12.2. The minimum atomic E-state index is 1.07. The van der Waals surface area contributed by atoms with Gasteiger partial charge in [-0.15, -0.1) is 0 Å². The normalized spacial score (nSPS) is 19.2. The molecule has 0 spiro atoms. The molecule has 1 aromatic heterocycles. The summed E-state index contributed by atoms with van der Waals surface area (Å²) < 4.78 is 4.92. The number of para-hydroxylation sites is 2. The summed E-state index contributed by atoms with van der Waals surface area (Å²) >= 11 is 0. The third kappa shape index (κ3) is 1.99. The van der Waals surface area contributed by atoms with Crippen LogP contribution in [0.4, 0.5) is 5.95 Å². The molecule has 4 nitrogen and oxygen atoms in total. The first-order valence-corrected chi connectivity index (χ1v) is 8.02. The molecule has 20 heavy (non-hydrogen) atoms. The SMILES string of the molecule is c1ccc2c(c1)n(CC[NH+]1CCCCC1)c1[n+]2CCN1. The number of nitrogens with one attached hydrogen (secondary N) is 2. The Morgan fingerprint density at radius 3 is 2.90 bits per heavy atom. The Balaban J connectivity index is 1.62. The summed E-state index contributed by atoms with van der Waals surface area (Å²) in [5, 5.41) is 3.56. The molecule has 0 aliphatic carbocycles. The molecule has 2 aliphatic rings. The second-order valence-electron chi connectivity index (χ2n) is 6.10. The molecule has 2 N–H and O–H groups in total. The number of piperidine rings is 1. The van der Waals surface area contributed by atoms with E-state index >= 15 is 0 Å². The number of anilines is 1. The second kappa shape index (κ2) is 5.09. The van der Waals surface area contributed by atoms with E-state index < -0.39 is 0 Å². The summed E-state index contributed by atoms with van der Waals surface area (Å²) in [6.45, 7) is 7.28. The predicted octanol–water partition coefficient (Wildman–Crippen LogP) is 0.423. The highest BCUT2D eigenvalue weighted by Crippen LogP contribution is 2.19. The molecule has 3 heterocycles. The molecule has 0 amide bonds. The predicted molar refractivity (Wildman–Crippen MR) is 80.0 cm³/mol. The Morgan fingerprint density at radius 2 is 2.00 bits per heavy atom. The maximum Gasteiger partial charge on any atom is 0.358 e. The number of likely N-dealkylation sites (tertiary alicyclic amines) is 1. The van der Waals surface area contributed by atoms with Gasteiger partial charge in [0.1, 0.15) is 30.7 Å². The Kier molecular flexibility index (Phi) is 3.11. The average molecular weight is 272 g/mol. The van der Waals surface area contributed by atoms with Crippen molar-refractivity contribution in [3.05, 3.63) is 24.3 Å². The molecule has 0 saturated carbocycles. The van der Waals surface area contributed by atoms with Crippen molar-refractivity contribution in [1.82, 2.24) is 4.57 Å². The lowest BCUT2D eigenvalue weighted by Gasteiger charge is -2.23. The first-order valence-electron chi connectivity index (χ1n) is 8.02. The van der Waals surface area contributed by atoms with Crippen molar-refractivity contribution in [1.29, 1.82) is 0 Å². The zero-order valence-electron chi connectivity index (χ0n) is 12.1. The fourth-order valence-electron chi connectivity index (χ4n) is 3.79. The van der Waals surface area contributed by atoms with E-state index in [2.05, 4.69) is 38.7 Å². The van der Waals surface area contributed by atoms with Crippen molar-refractivity contribution < 1.29 is 9.47 Å². The zero-order valence-corrected chi connectivity index (χ0v) is 12.1. The van der Waals surface area contributed by atoms with E-state index in [1.165, 1.54) is 55.9 Å². The molecular weight excluding hydrogens is 248 g/mol. The number of fused-ring (bicyclic) bond motifs is 3. The van der Waals surface area contributed by atoms with Crippen molar-refractivity contribution in [2.75, 3.05) is 31.5 Å². The van der Waals surface area contributed by atoms with Crippen molar-refractivity contribution in [3.63, 3.8) is 0 Å². The quantitative estimate of drug-likeness (QED) is 0.778. The first-order chi connectivity index (χ1) is 9.93. The van der Waals surface area contributed by atoms with Gasteiger partial charge in [-0.2, -0.15) is 0 Å². The van der Waals surface area contributed by atoms with Gasteiger partial charge in [-0.3, -0.25) is 5.32 Å². The van der Waals surface area contributed by atoms with Crippen LogP contribution < -0.4 is 14.8 Å². The van der Waals surface area contributed by atoms with Gasteiger partial charge >= 0.3 is 5.95 Å². The van der Waals surface area contributed by atoms with Crippen LogP contribution in [-0.2, 0) is 13.1 Å².